The Kier molecular flexibility index (Phi) is 5.68. The number of rotatable bonds is 5. The van der Waals surface area contributed by atoms with Crippen LogP contribution in [0.1, 0.15) is 24.1 Å². The van der Waals surface area contributed by atoms with E-state index in [1.165, 1.54) is 17.3 Å². The van der Waals surface area contributed by atoms with Gasteiger partial charge >= 0.3 is 5.91 Å². The van der Waals surface area contributed by atoms with E-state index in [1.807, 2.05) is 6.92 Å². The van der Waals surface area contributed by atoms with Crippen molar-refractivity contribution >= 4 is 35.0 Å². The molecule has 1 aliphatic heterocycles. The van der Waals surface area contributed by atoms with Crippen molar-refractivity contribution in [2.45, 2.75) is 13.0 Å². The quantitative estimate of drug-likeness (QED) is 0.367. The van der Waals surface area contributed by atoms with Crippen LogP contribution < -0.4 is 9.64 Å². The molecular formula is C23H18ClN3O4. The zero-order valence-electron chi connectivity index (χ0n) is 16.5. The van der Waals surface area contributed by atoms with Crippen molar-refractivity contribution in [2.75, 3.05) is 11.5 Å². The SMILES string of the molecule is CCOc1ccc(C(O)=C2C(=O)C(=O)N(c3ncccn3)C2c2ccc(Cl)cc2)cc1. The van der Waals surface area contributed by atoms with Crippen molar-refractivity contribution in [1.29, 1.82) is 0 Å². The second kappa shape index (κ2) is 8.57. The van der Waals surface area contributed by atoms with E-state index in [9.17, 15) is 14.7 Å². The maximum absolute atomic E-state index is 13.0. The Morgan fingerprint density at radius 2 is 1.71 bits per heavy atom. The van der Waals surface area contributed by atoms with E-state index < -0.39 is 17.7 Å². The molecule has 0 aliphatic carbocycles. The molecule has 1 aliphatic rings. The molecule has 0 saturated carbocycles. The number of ketones is 1. The van der Waals surface area contributed by atoms with Gasteiger partial charge in [-0.25, -0.2) is 9.97 Å². The summed E-state index contributed by atoms with van der Waals surface area (Å²) in [5.74, 6) is -1.24. The number of benzene rings is 2. The summed E-state index contributed by atoms with van der Waals surface area (Å²) >= 11 is 6.02. The molecule has 1 unspecified atom stereocenters. The zero-order valence-corrected chi connectivity index (χ0v) is 17.3. The Bertz CT molecular complexity index is 1150. The third-order valence-corrected chi connectivity index (χ3v) is 5.09. The molecule has 7 nitrogen and oxygen atoms in total. The van der Waals surface area contributed by atoms with Gasteiger partial charge in [-0.1, -0.05) is 23.7 Å². The number of anilines is 1. The molecule has 0 radical (unpaired) electrons. The zero-order chi connectivity index (χ0) is 22.0. The molecule has 1 atom stereocenters. The van der Waals surface area contributed by atoms with Gasteiger partial charge < -0.3 is 9.84 Å². The number of amides is 1. The average Bonchev–Trinajstić information content (AvgIpc) is 3.06. The van der Waals surface area contributed by atoms with Gasteiger partial charge in [0.1, 0.15) is 11.5 Å². The van der Waals surface area contributed by atoms with Gasteiger partial charge in [-0.05, 0) is 55.0 Å². The van der Waals surface area contributed by atoms with Crippen LogP contribution in [0.4, 0.5) is 5.95 Å². The third-order valence-electron chi connectivity index (χ3n) is 4.84. The van der Waals surface area contributed by atoms with E-state index in [0.29, 0.717) is 28.5 Å². The Labute approximate surface area is 183 Å². The number of Topliss-reactive ketones (excluding diaryl/α,β-unsaturated/α-hetero) is 1. The monoisotopic (exact) mass is 435 g/mol. The molecule has 8 heteroatoms. The maximum Gasteiger partial charge on any atom is 0.302 e. The van der Waals surface area contributed by atoms with Crippen LogP contribution in [0.3, 0.4) is 0 Å². The van der Waals surface area contributed by atoms with Gasteiger partial charge in [0.25, 0.3) is 5.78 Å². The van der Waals surface area contributed by atoms with Crippen molar-refractivity contribution in [3.63, 3.8) is 0 Å². The Morgan fingerprint density at radius 1 is 1.06 bits per heavy atom. The van der Waals surface area contributed by atoms with E-state index in [4.69, 9.17) is 16.3 Å². The number of ether oxygens (including phenoxy) is 1. The van der Waals surface area contributed by atoms with Gasteiger partial charge in [0.2, 0.25) is 5.95 Å². The van der Waals surface area contributed by atoms with Crippen LogP contribution in [0, 0.1) is 0 Å². The number of hydrogen-bond acceptors (Lipinski definition) is 6. The van der Waals surface area contributed by atoms with Crippen molar-refractivity contribution < 1.29 is 19.4 Å². The van der Waals surface area contributed by atoms with Crippen molar-refractivity contribution in [3.8, 4) is 5.75 Å². The van der Waals surface area contributed by atoms with Crippen LogP contribution in [0.25, 0.3) is 5.76 Å². The molecule has 31 heavy (non-hydrogen) atoms. The number of halogens is 1. The van der Waals surface area contributed by atoms with E-state index in [2.05, 4.69) is 9.97 Å². The van der Waals surface area contributed by atoms with Crippen LogP contribution in [-0.2, 0) is 9.59 Å². The molecule has 1 saturated heterocycles. The highest BCUT2D eigenvalue weighted by molar-refractivity contribution is 6.51. The van der Waals surface area contributed by atoms with Crippen LogP contribution >= 0.6 is 11.6 Å². The number of carbonyl (C=O) groups is 2. The molecule has 1 aromatic heterocycles. The van der Waals surface area contributed by atoms with Gasteiger partial charge in [-0.3, -0.25) is 14.5 Å². The van der Waals surface area contributed by atoms with Crippen molar-refractivity contribution in [3.05, 3.63) is 88.7 Å². The first-order valence-corrected chi connectivity index (χ1v) is 9.95. The molecule has 0 bridgehead atoms. The molecular weight excluding hydrogens is 418 g/mol. The number of aromatic nitrogens is 2. The summed E-state index contributed by atoms with van der Waals surface area (Å²) in [5.41, 5.74) is 0.918. The van der Waals surface area contributed by atoms with Crippen LogP contribution in [-0.4, -0.2) is 33.4 Å². The van der Waals surface area contributed by atoms with Gasteiger partial charge in [-0.15, -0.1) is 0 Å². The third kappa shape index (κ3) is 3.87. The van der Waals surface area contributed by atoms with Crippen LogP contribution in [0.5, 0.6) is 5.75 Å². The smallest absolute Gasteiger partial charge is 0.302 e. The minimum absolute atomic E-state index is 0.0519. The topological polar surface area (TPSA) is 92.6 Å². The minimum atomic E-state index is -0.911. The lowest BCUT2D eigenvalue weighted by molar-refractivity contribution is -0.132. The highest BCUT2D eigenvalue weighted by Crippen LogP contribution is 2.41. The van der Waals surface area contributed by atoms with E-state index in [0.717, 1.165) is 0 Å². The first-order valence-electron chi connectivity index (χ1n) is 9.58. The van der Waals surface area contributed by atoms with E-state index in [-0.39, 0.29) is 17.3 Å². The second-order valence-corrected chi connectivity index (χ2v) is 7.16. The summed E-state index contributed by atoms with van der Waals surface area (Å²) in [6, 6.07) is 14.0. The van der Waals surface area contributed by atoms with E-state index in [1.54, 1.807) is 54.6 Å². The predicted molar refractivity (Wildman–Crippen MR) is 116 cm³/mol. The molecule has 2 aromatic carbocycles. The molecule has 4 rings (SSSR count). The van der Waals surface area contributed by atoms with Gasteiger partial charge in [0.15, 0.2) is 0 Å². The average molecular weight is 436 g/mol. The lowest BCUT2D eigenvalue weighted by Crippen LogP contribution is -2.31. The lowest BCUT2D eigenvalue weighted by atomic mass is 9.95. The number of aliphatic hydroxyl groups excluding tert-OH is 1. The van der Waals surface area contributed by atoms with Crippen molar-refractivity contribution in [1.82, 2.24) is 9.97 Å². The minimum Gasteiger partial charge on any atom is -0.507 e. The van der Waals surface area contributed by atoms with Gasteiger partial charge in [-0.2, -0.15) is 0 Å². The van der Waals surface area contributed by atoms with Gasteiger partial charge in [0.05, 0.1) is 18.2 Å². The molecule has 1 fully saturated rings. The first kappa shape index (κ1) is 20.6. The fourth-order valence-electron chi connectivity index (χ4n) is 3.45. The number of carbonyl (C=O) groups excluding carboxylic acids is 2. The number of aliphatic hydroxyl groups is 1. The molecule has 156 valence electrons. The first-order chi connectivity index (χ1) is 15.0. The lowest BCUT2D eigenvalue weighted by Gasteiger charge is -2.23. The highest BCUT2D eigenvalue weighted by atomic mass is 35.5. The summed E-state index contributed by atoms with van der Waals surface area (Å²) in [6.07, 6.45) is 2.96. The second-order valence-electron chi connectivity index (χ2n) is 6.73. The van der Waals surface area contributed by atoms with Crippen molar-refractivity contribution in [2.24, 2.45) is 0 Å². The standard InChI is InChI=1S/C23H18ClN3O4/c1-2-31-17-10-6-15(7-11-17)20(28)18-19(14-4-8-16(24)9-5-14)27(22(30)21(18)29)23-25-12-3-13-26-23/h3-13,19,28H,2H2,1H3. The Morgan fingerprint density at radius 3 is 2.32 bits per heavy atom. The fourth-order valence-corrected chi connectivity index (χ4v) is 3.57. The van der Waals surface area contributed by atoms with Crippen LogP contribution in [0.2, 0.25) is 5.02 Å². The highest BCUT2D eigenvalue weighted by Gasteiger charge is 2.48. The van der Waals surface area contributed by atoms with E-state index >= 15 is 0 Å². The summed E-state index contributed by atoms with van der Waals surface area (Å²) in [4.78, 5) is 35.4. The largest absolute Gasteiger partial charge is 0.507 e. The molecule has 0 spiro atoms. The maximum atomic E-state index is 13.0. The fraction of sp³-hybridized carbons (Fsp3) is 0.130. The molecule has 3 aromatic rings. The summed E-state index contributed by atoms with van der Waals surface area (Å²) < 4.78 is 5.42. The normalized spacial score (nSPS) is 17.7. The molecule has 2 heterocycles. The number of hydrogen-bond donors (Lipinski definition) is 1. The summed E-state index contributed by atoms with van der Waals surface area (Å²) in [5, 5.41) is 11.6. The van der Waals surface area contributed by atoms with Crippen LogP contribution in [0.15, 0.2) is 72.6 Å². The summed E-state index contributed by atoms with van der Waals surface area (Å²) in [7, 11) is 0. The summed E-state index contributed by atoms with van der Waals surface area (Å²) in [6.45, 7) is 2.37. The Balaban J connectivity index is 1.88. The Hall–Kier alpha value is -3.71. The predicted octanol–water partition coefficient (Wildman–Crippen LogP) is 4.16. The number of nitrogens with zero attached hydrogens (tertiary/aromatic N) is 3. The molecule has 1 N–H and O–H groups in total. The van der Waals surface area contributed by atoms with Gasteiger partial charge in [0, 0.05) is 23.0 Å². The molecule has 1 amide bonds.